The molecule has 2 N–H and O–H groups in total. The maximum Gasteiger partial charge on any atom is 0.0970 e. The summed E-state index contributed by atoms with van der Waals surface area (Å²) in [6.07, 6.45) is 11.4. The maximum absolute atomic E-state index is 6.28. The van der Waals surface area contributed by atoms with E-state index in [0.29, 0.717) is 5.69 Å². The SMILES string of the molecule is Cn1cc([C@H](c2cnc3cc(N)cc(-c4ccc5ccn(C)c5c4)c3n2)c2cncn2C)cn1. The lowest BCUT2D eigenvalue weighted by Gasteiger charge is -2.17. The van der Waals surface area contributed by atoms with Crippen molar-refractivity contribution >= 4 is 27.6 Å². The number of nitrogens with zero attached hydrogens (tertiary/aromatic N) is 7. The van der Waals surface area contributed by atoms with Crippen molar-refractivity contribution in [1.29, 1.82) is 0 Å². The van der Waals surface area contributed by atoms with Crippen LogP contribution in [0.4, 0.5) is 5.69 Å². The summed E-state index contributed by atoms with van der Waals surface area (Å²) in [5, 5.41) is 5.59. The molecule has 0 saturated carbocycles. The highest BCUT2D eigenvalue weighted by atomic mass is 15.2. The van der Waals surface area contributed by atoms with E-state index in [1.165, 1.54) is 5.39 Å². The van der Waals surface area contributed by atoms with Gasteiger partial charge in [-0.1, -0.05) is 12.1 Å². The predicted molar refractivity (Wildman–Crippen MR) is 133 cm³/mol. The molecular weight excluding hydrogens is 424 g/mol. The van der Waals surface area contributed by atoms with Crippen molar-refractivity contribution in [3.8, 4) is 11.1 Å². The summed E-state index contributed by atoms with van der Waals surface area (Å²) in [6.45, 7) is 0. The van der Waals surface area contributed by atoms with Gasteiger partial charge in [-0.2, -0.15) is 5.10 Å². The fraction of sp³-hybridized carbons (Fsp3) is 0.154. The lowest BCUT2D eigenvalue weighted by molar-refractivity contribution is 0.759. The Kier molecular flexibility index (Phi) is 4.48. The van der Waals surface area contributed by atoms with Crippen LogP contribution in [0.5, 0.6) is 0 Å². The van der Waals surface area contributed by atoms with Crippen LogP contribution in [0.15, 0.2) is 73.7 Å². The van der Waals surface area contributed by atoms with Gasteiger partial charge in [0.05, 0.1) is 47.1 Å². The summed E-state index contributed by atoms with van der Waals surface area (Å²) in [5.41, 5.74) is 14.6. The highest BCUT2D eigenvalue weighted by Crippen LogP contribution is 2.35. The van der Waals surface area contributed by atoms with Crippen LogP contribution >= 0.6 is 0 Å². The molecule has 1 atom stereocenters. The minimum absolute atomic E-state index is 0.154. The lowest BCUT2D eigenvalue weighted by atomic mass is 9.95. The van der Waals surface area contributed by atoms with Crippen molar-refractivity contribution in [2.75, 3.05) is 5.73 Å². The maximum atomic E-state index is 6.28. The van der Waals surface area contributed by atoms with Crippen LogP contribution in [0.2, 0.25) is 0 Å². The Labute approximate surface area is 196 Å². The molecule has 8 heteroatoms. The summed E-state index contributed by atoms with van der Waals surface area (Å²) in [5.74, 6) is -0.154. The molecule has 8 nitrogen and oxygen atoms in total. The summed E-state index contributed by atoms with van der Waals surface area (Å²) < 4.78 is 5.93. The monoisotopic (exact) mass is 448 g/mol. The van der Waals surface area contributed by atoms with E-state index in [2.05, 4.69) is 45.1 Å². The Bertz CT molecular complexity index is 1670. The zero-order valence-electron chi connectivity index (χ0n) is 19.2. The van der Waals surface area contributed by atoms with Gasteiger partial charge >= 0.3 is 0 Å². The van der Waals surface area contributed by atoms with Crippen LogP contribution in [-0.4, -0.2) is 33.9 Å². The molecule has 2 aromatic carbocycles. The van der Waals surface area contributed by atoms with Crippen molar-refractivity contribution in [2.45, 2.75) is 5.92 Å². The molecule has 0 unspecified atom stereocenters. The number of anilines is 1. The Morgan fingerprint density at radius 1 is 0.941 bits per heavy atom. The second-order valence-corrected chi connectivity index (χ2v) is 8.74. The van der Waals surface area contributed by atoms with E-state index in [1.54, 1.807) is 11.0 Å². The van der Waals surface area contributed by atoms with Gasteiger partial charge in [0.1, 0.15) is 0 Å². The van der Waals surface area contributed by atoms with E-state index < -0.39 is 0 Å². The van der Waals surface area contributed by atoms with Crippen LogP contribution in [0.3, 0.4) is 0 Å². The first-order chi connectivity index (χ1) is 16.5. The first-order valence-electron chi connectivity index (χ1n) is 11.0. The molecule has 0 aliphatic heterocycles. The van der Waals surface area contributed by atoms with Crippen LogP contribution < -0.4 is 5.73 Å². The summed E-state index contributed by atoms with van der Waals surface area (Å²) in [4.78, 5) is 14.3. The molecule has 34 heavy (non-hydrogen) atoms. The van der Waals surface area contributed by atoms with E-state index in [4.69, 9.17) is 15.7 Å². The number of aryl methyl sites for hydroxylation is 3. The topological polar surface area (TPSA) is 92.4 Å². The molecule has 0 bridgehead atoms. The van der Waals surface area contributed by atoms with Gasteiger partial charge in [0.25, 0.3) is 0 Å². The molecule has 0 saturated heterocycles. The van der Waals surface area contributed by atoms with E-state index in [-0.39, 0.29) is 5.92 Å². The van der Waals surface area contributed by atoms with Gasteiger partial charge in [-0.25, -0.2) is 9.97 Å². The molecule has 4 aromatic heterocycles. The molecule has 0 spiro atoms. The predicted octanol–water partition coefficient (Wildman–Crippen LogP) is 4.02. The largest absolute Gasteiger partial charge is 0.399 e. The fourth-order valence-corrected chi connectivity index (χ4v) is 4.67. The number of fused-ring (bicyclic) bond motifs is 2. The van der Waals surface area contributed by atoms with Crippen LogP contribution in [0, 0.1) is 0 Å². The average molecular weight is 449 g/mol. The normalized spacial score (nSPS) is 12.6. The van der Waals surface area contributed by atoms with Crippen LogP contribution in [-0.2, 0) is 21.1 Å². The van der Waals surface area contributed by atoms with Gasteiger partial charge in [-0.3, -0.25) is 9.67 Å². The Balaban J connectivity index is 1.59. The quantitative estimate of drug-likeness (QED) is 0.411. The molecular formula is C26H24N8. The van der Waals surface area contributed by atoms with Gasteiger partial charge in [0, 0.05) is 62.1 Å². The lowest BCUT2D eigenvalue weighted by Crippen LogP contribution is -2.10. The summed E-state index contributed by atoms with van der Waals surface area (Å²) in [6, 6.07) is 12.4. The van der Waals surface area contributed by atoms with Crippen molar-refractivity contribution in [2.24, 2.45) is 21.1 Å². The zero-order chi connectivity index (χ0) is 23.4. The molecule has 168 valence electrons. The van der Waals surface area contributed by atoms with E-state index >= 15 is 0 Å². The van der Waals surface area contributed by atoms with Crippen molar-refractivity contribution in [3.05, 3.63) is 90.7 Å². The summed E-state index contributed by atoms with van der Waals surface area (Å²) >= 11 is 0. The molecule has 4 heterocycles. The summed E-state index contributed by atoms with van der Waals surface area (Å²) in [7, 11) is 5.95. The number of rotatable bonds is 4. The number of hydrogen-bond donors (Lipinski definition) is 1. The second kappa shape index (κ2) is 7.55. The molecule has 0 aliphatic rings. The van der Waals surface area contributed by atoms with Crippen molar-refractivity contribution in [3.63, 3.8) is 0 Å². The van der Waals surface area contributed by atoms with E-state index in [0.717, 1.165) is 44.6 Å². The third-order valence-electron chi connectivity index (χ3n) is 6.39. The van der Waals surface area contributed by atoms with Crippen molar-refractivity contribution < 1.29 is 0 Å². The molecule has 6 aromatic rings. The van der Waals surface area contributed by atoms with Gasteiger partial charge in [0.15, 0.2) is 0 Å². The third kappa shape index (κ3) is 3.23. The molecule has 0 amide bonds. The smallest absolute Gasteiger partial charge is 0.0970 e. The fourth-order valence-electron chi connectivity index (χ4n) is 4.67. The first kappa shape index (κ1) is 20.2. The Hall–Kier alpha value is -4.46. The highest BCUT2D eigenvalue weighted by Gasteiger charge is 2.24. The van der Waals surface area contributed by atoms with Gasteiger partial charge in [-0.15, -0.1) is 0 Å². The number of aromatic nitrogens is 7. The molecule has 0 fully saturated rings. The first-order valence-corrected chi connectivity index (χ1v) is 11.0. The minimum atomic E-state index is -0.154. The Morgan fingerprint density at radius 3 is 2.59 bits per heavy atom. The van der Waals surface area contributed by atoms with E-state index in [1.807, 2.05) is 62.6 Å². The van der Waals surface area contributed by atoms with Crippen molar-refractivity contribution in [1.82, 2.24) is 33.9 Å². The minimum Gasteiger partial charge on any atom is -0.399 e. The van der Waals surface area contributed by atoms with Gasteiger partial charge in [0.2, 0.25) is 0 Å². The average Bonchev–Trinajstić information content (AvgIpc) is 3.55. The van der Waals surface area contributed by atoms with Crippen LogP contribution in [0.1, 0.15) is 22.9 Å². The number of hydrogen-bond acceptors (Lipinski definition) is 5. The standard InChI is InChI=1S/C26H24N8/c1-32-7-6-16-4-5-17(8-23(16)32)20-9-19(27)10-21-26(20)31-22(12-29-21)25(18-11-30-34(3)14-18)24-13-28-15-33(24)2/h4-15,25H,27H2,1-3H3/t25-/m1/s1. The van der Waals surface area contributed by atoms with Crippen LogP contribution in [0.25, 0.3) is 33.1 Å². The van der Waals surface area contributed by atoms with E-state index in [9.17, 15) is 0 Å². The molecule has 6 rings (SSSR count). The Morgan fingerprint density at radius 2 is 1.82 bits per heavy atom. The number of benzene rings is 2. The second-order valence-electron chi connectivity index (χ2n) is 8.74. The number of imidazole rings is 1. The van der Waals surface area contributed by atoms with Gasteiger partial charge in [-0.05, 0) is 35.2 Å². The van der Waals surface area contributed by atoms with Gasteiger partial charge < -0.3 is 14.9 Å². The molecule has 0 aliphatic carbocycles. The highest BCUT2D eigenvalue weighted by molar-refractivity contribution is 5.97. The zero-order valence-corrected chi connectivity index (χ0v) is 19.2. The number of nitrogens with two attached hydrogens (primary N) is 1. The third-order valence-corrected chi connectivity index (χ3v) is 6.39. The number of nitrogen functional groups attached to an aromatic ring is 1. The molecule has 0 radical (unpaired) electrons.